The Morgan fingerprint density at radius 2 is 1.82 bits per heavy atom. The van der Waals surface area contributed by atoms with Crippen molar-refractivity contribution in [2.45, 2.75) is 20.3 Å². The smallest absolute Gasteiger partial charge is 0.0129 e. The van der Waals surface area contributed by atoms with Crippen molar-refractivity contribution in [3.05, 3.63) is 58.0 Å². The van der Waals surface area contributed by atoms with Crippen molar-refractivity contribution < 1.29 is 0 Å². The van der Waals surface area contributed by atoms with E-state index in [4.69, 9.17) is 0 Å². The minimum atomic E-state index is 1.06. The first-order valence-corrected chi connectivity index (χ1v) is 6.12. The van der Waals surface area contributed by atoms with Crippen LogP contribution >= 0.6 is 0 Å². The van der Waals surface area contributed by atoms with Crippen molar-refractivity contribution in [3.8, 4) is 0 Å². The lowest BCUT2D eigenvalue weighted by atomic mass is 10.0. The molecule has 0 heterocycles. The van der Waals surface area contributed by atoms with Gasteiger partial charge in [0.05, 0.1) is 0 Å². The third kappa shape index (κ3) is 1.70. The molecule has 17 heavy (non-hydrogen) atoms. The quantitative estimate of drug-likeness (QED) is 0.640. The van der Waals surface area contributed by atoms with Crippen molar-refractivity contribution >= 4 is 22.9 Å². The van der Waals surface area contributed by atoms with Crippen LogP contribution in [-0.2, 0) is 0 Å². The molecule has 0 saturated carbocycles. The maximum atomic E-state index is 2.34. The number of benzene rings is 2. The van der Waals surface area contributed by atoms with Gasteiger partial charge < -0.3 is 0 Å². The van der Waals surface area contributed by atoms with E-state index >= 15 is 0 Å². The van der Waals surface area contributed by atoms with E-state index in [0.29, 0.717) is 0 Å². The Hall–Kier alpha value is -1.82. The Bertz CT molecular complexity index is 730. The topological polar surface area (TPSA) is 0 Å². The highest BCUT2D eigenvalue weighted by Crippen LogP contribution is 2.14. The Balaban J connectivity index is 2.50. The second kappa shape index (κ2) is 3.89. The number of allylic oxidation sites excluding steroid dienone is 2. The summed E-state index contributed by atoms with van der Waals surface area (Å²) >= 11 is 0. The number of hydrogen-bond acceptors (Lipinski definition) is 0. The first-order valence-electron chi connectivity index (χ1n) is 6.12. The molecule has 0 amide bonds. The lowest BCUT2D eigenvalue weighted by Crippen LogP contribution is -2.26. The van der Waals surface area contributed by atoms with Crippen molar-refractivity contribution in [1.82, 2.24) is 0 Å². The molecular formula is C17H16. The van der Waals surface area contributed by atoms with Crippen molar-refractivity contribution in [2.24, 2.45) is 0 Å². The van der Waals surface area contributed by atoms with E-state index in [-0.39, 0.29) is 0 Å². The van der Waals surface area contributed by atoms with Crippen LogP contribution in [0.1, 0.15) is 18.9 Å². The van der Waals surface area contributed by atoms with E-state index in [1.807, 2.05) is 0 Å². The molecule has 0 spiro atoms. The molecule has 0 N–H and O–H groups in total. The minimum absolute atomic E-state index is 1.06. The maximum absolute atomic E-state index is 2.34. The second-order valence-corrected chi connectivity index (χ2v) is 4.81. The van der Waals surface area contributed by atoms with Crippen LogP contribution in [-0.4, -0.2) is 0 Å². The largest absolute Gasteiger partial charge is 0.0726 e. The molecule has 0 saturated heterocycles. The molecular weight excluding hydrogens is 204 g/mol. The standard InChI is InChI=1S/C17H16/c1-12-7-9-15-11-14-5-3-4-6-16(14)13(2)17(15)10-8-12/h3-6,8-11H,7H2,1-2H3. The Labute approximate surface area is 102 Å². The van der Waals surface area contributed by atoms with Crippen LogP contribution in [0, 0.1) is 6.92 Å². The van der Waals surface area contributed by atoms with Gasteiger partial charge >= 0.3 is 0 Å². The predicted octanol–water partition coefficient (Wildman–Crippen LogP) is 3.06. The molecule has 0 aliphatic heterocycles. The third-order valence-electron chi connectivity index (χ3n) is 3.57. The molecule has 2 aromatic rings. The third-order valence-corrected chi connectivity index (χ3v) is 3.57. The summed E-state index contributed by atoms with van der Waals surface area (Å²) in [6.07, 6.45) is 7.89. The van der Waals surface area contributed by atoms with Gasteiger partial charge in [-0.2, -0.15) is 0 Å². The van der Waals surface area contributed by atoms with E-state index in [2.05, 4.69) is 62.4 Å². The van der Waals surface area contributed by atoms with Gasteiger partial charge in [-0.05, 0) is 53.1 Å². The number of hydrogen-bond donors (Lipinski definition) is 0. The van der Waals surface area contributed by atoms with Gasteiger partial charge in [0, 0.05) is 0 Å². The first-order chi connectivity index (χ1) is 8.25. The molecule has 0 fully saturated rings. The zero-order valence-electron chi connectivity index (χ0n) is 10.3. The van der Waals surface area contributed by atoms with Crippen LogP contribution in [0.2, 0.25) is 0 Å². The van der Waals surface area contributed by atoms with Crippen LogP contribution in [0.5, 0.6) is 0 Å². The molecule has 0 aromatic heterocycles. The van der Waals surface area contributed by atoms with Crippen molar-refractivity contribution in [1.29, 1.82) is 0 Å². The molecule has 0 radical (unpaired) electrons. The number of rotatable bonds is 0. The average Bonchev–Trinajstić information content (AvgIpc) is 2.53. The second-order valence-electron chi connectivity index (χ2n) is 4.81. The molecule has 0 atom stereocenters. The van der Waals surface area contributed by atoms with Crippen LogP contribution in [0.15, 0.2) is 42.0 Å². The van der Waals surface area contributed by atoms with Gasteiger partial charge in [-0.25, -0.2) is 0 Å². The number of fused-ring (bicyclic) bond motifs is 2. The maximum Gasteiger partial charge on any atom is -0.0129 e. The SMILES string of the molecule is CC1=CC=c2c(C)c3ccccc3cc2=CC1. The van der Waals surface area contributed by atoms with Gasteiger partial charge in [-0.3, -0.25) is 0 Å². The van der Waals surface area contributed by atoms with Crippen LogP contribution in [0.25, 0.3) is 22.9 Å². The zero-order chi connectivity index (χ0) is 11.8. The molecule has 0 bridgehead atoms. The van der Waals surface area contributed by atoms with Gasteiger partial charge in [-0.1, -0.05) is 48.1 Å². The molecule has 0 unspecified atom stereocenters. The first kappa shape index (κ1) is 10.3. The highest BCUT2D eigenvalue weighted by molar-refractivity contribution is 5.86. The monoisotopic (exact) mass is 220 g/mol. The number of aryl methyl sites for hydroxylation is 1. The van der Waals surface area contributed by atoms with Gasteiger partial charge in [0.15, 0.2) is 0 Å². The highest BCUT2D eigenvalue weighted by atomic mass is 14.1. The van der Waals surface area contributed by atoms with Crippen molar-refractivity contribution in [2.75, 3.05) is 0 Å². The fourth-order valence-electron chi connectivity index (χ4n) is 2.53. The lowest BCUT2D eigenvalue weighted by Gasteiger charge is -2.03. The summed E-state index contributed by atoms with van der Waals surface area (Å²) in [5.74, 6) is 0. The molecule has 1 aliphatic carbocycles. The van der Waals surface area contributed by atoms with E-state index in [9.17, 15) is 0 Å². The summed E-state index contributed by atoms with van der Waals surface area (Å²) in [5, 5.41) is 5.45. The molecule has 2 aromatic carbocycles. The predicted molar refractivity (Wildman–Crippen MR) is 75.2 cm³/mol. The van der Waals surface area contributed by atoms with Gasteiger partial charge in [0.2, 0.25) is 0 Å². The van der Waals surface area contributed by atoms with Gasteiger partial charge in [-0.15, -0.1) is 0 Å². The fraction of sp³-hybridized carbons (Fsp3) is 0.176. The Kier molecular flexibility index (Phi) is 2.36. The normalized spacial score (nSPS) is 14.4. The summed E-state index contributed by atoms with van der Waals surface area (Å²) in [5.41, 5.74) is 2.81. The molecule has 3 rings (SSSR count). The fourth-order valence-corrected chi connectivity index (χ4v) is 2.53. The summed E-state index contributed by atoms with van der Waals surface area (Å²) in [6, 6.07) is 10.9. The summed E-state index contributed by atoms with van der Waals surface area (Å²) in [6.45, 7) is 4.41. The van der Waals surface area contributed by atoms with Crippen LogP contribution in [0.4, 0.5) is 0 Å². The highest BCUT2D eigenvalue weighted by Gasteiger charge is 2.01. The molecule has 0 nitrogen and oxygen atoms in total. The summed E-state index contributed by atoms with van der Waals surface area (Å²) < 4.78 is 0. The average molecular weight is 220 g/mol. The molecule has 0 heteroatoms. The van der Waals surface area contributed by atoms with Gasteiger partial charge in [0.25, 0.3) is 0 Å². The summed E-state index contributed by atoms with van der Waals surface area (Å²) in [7, 11) is 0. The Morgan fingerprint density at radius 3 is 2.71 bits per heavy atom. The van der Waals surface area contributed by atoms with Crippen LogP contribution < -0.4 is 10.4 Å². The van der Waals surface area contributed by atoms with Crippen molar-refractivity contribution in [3.63, 3.8) is 0 Å². The van der Waals surface area contributed by atoms with Crippen LogP contribution in [0.3, 0.4) is 0 Å². The van der Waals surface area contributed by atoms with E-state index in [0.717, 1.165) is 6.42 Å². The summed E-state index contributed by atoms with van der Waals surface area (Å²) in [4.78, 5) is 0. The minimum Gasteiger partial charge on any atom is -0.0726 e. The molecule has 84 valence electrons. The van der Waals surface area contributed by atoms with Gasteiger partial charge in [0.1, 0.15) is 0 Å². The van der Waals surface area contributed by atoms with E-state index < -0.39 is 0 Å². The van der Waals surface area contributed by atoms with E-state index in [1.165, 1.54) is 32.3 Å². The van der Waals surface area contributed by atoms with E-state index in [1.54, 1.807) is 0 Å². The molecule has 1 aliphatic rings. The lowest BCUT2D eigenvalue weighted by molar-refractivity contribution is 1.27. The Morgan fingerprint density at radius 1 is 1.00 bits per heavy atom. The zero-order valence-corrected chi connectivity index (χ0v) is 10.3.